The number of hydrogen-bond acceptors (Lipinski definition) is 2. The number of rotatable bonds is 5. The van der Waals surface area contributed by atoms with Crippen LogP contribution < -0.4 is 5.32 Å². The average Bonchev–Trinajstić information content (AvgIpc) is 2.49. The molecular formula is C15H30N2. The Hall–Kier alpha value is -0.0800. The Morgan fingerprint density at radius 1 is 1.29 bits per heavy atom. The van der Waals surface area contributed by atoms with E-state index in [1.165, 1.54) is 45.2 Å². The lowest BCUT2D eigenvalue weighted by Crippen LogP contribution is -2.46. The van der Waals surface area contributed by atoms with Gasteiger partial charge < -0.3 is 5.32 Å². The first-order chi connectivity index (χ1) is 7.98. The maximum atomic E-state index is 3.69. The molecule has 0 aromatic rings. The topological polar surface area (TPSA) is 15.3 Å². The molecule has 0 aromatic carbocycles. The minimum absolute atomic E-state index is 0.518. The van der Waals surface area contributed by atoms with Gasteiger partial charge in [0.15, 0.2) is 0 Å². The lowest BCUT2D eigenvalue weighted by molar-refractivity contribution is 0.0899. The zero-order valence-electron chi connectivity index (χ0n) is 12.1. The van der Waals surface area contributed by atoms with E-state index < -0.39 is 0 Å². The average molecular weight is 238 g/mol. The van der Waals surface area contributed by atoms with Crippen LogP contribution in [0.3, 0.4) is 0 Å². The van der Waals surface area contributed by atoms with E-state index in [0.717, 1.165) is 18.1 Å². The fourth-order valence-corrected chi connectivity index (χ4v) is 3.32. The highest BCUT2D eigenvalue weighted by atomic mass is 15.2. The van der Waals surface area contributed by atoms with Crippen LogP contribution >= 0.6 is 0 Å². The molecule has 2 heteroatoms. The van der Waals surface area contributed by atoms with E-state index in [1.54, 1.807) is 0 Å². The summed E-state index contributed by atoms with van der Waals surface area (Å²) in [7, 11) is 0. The molecule has 0 amide bonds. The largest absolute Gasteiger partial charge is 0.313 e. The van der Waals surface area contributed by atoms with E-state index in [1.807, 2.05) is 0 Å². The second-order valence-corrected chi connectivity index (χ2v) is 7.15. The minimum atomic E-state index is 0.518. The Bertz CT molecular complexity index is 243. The van der Waals surface area contributed by atoms with Crippen LogP contribution in [0.25, 0.3) is 0 Å². The smallest absolute Gasteiger partial charge is 0.00979 e. The van der Waals surface area contributed by atoms with E-state index in [0.29, 0.717) is 5.41 Å². The first-order valence-electron chi connectivity index (χ1n) is 7.47. The van der Waals surface area contributed by atoms with E-state index in [4.69, 9.17) is 0 Å². The van der Waals surface area contributed by atoms with Gasteiger partial charge in [0.05, 0.1) is 0 Å². The van der Waals surface area contributed by atoms with Crippen molar-refractivity contribution >= 4 is 0 Å². The molecule has 0 aromatic heterocycles. The van der Waals surface area contributed by atoms with Crippen molar-refractivity contribution in [2.45, 2.75) is 77.9 Å². The maximum Gasteiger partial charge on any atom is 0.00979 e. The molecule has 1 heterocycles. The van der Waals surface area contributed by atoms with E-state index in [-0.39, 0.29) is 0 Å². The standard InChI is InChI=1S/C15H30N2/c1-12(2)17(14-6-5-7-14)9-8-13-10-15(3,4)11-16-13/h12-14,16H,5-11H2,1-4H3. The molecular weight excluding hydrogens is 208 g/mol. The van der Waals surface area contributed by atoms with Gasteiger partial charge in [-0.25, -0.2) is 0 Å². The molecule has 1 aliphatic carbocycles. The third kappa shape index (κ3) is 3.45. The molecule has 2 fully saturated rings. The fraction of sp³-hybridized carbons (Fsp3) is 1.00. The van der Waals surface area contributed by atoms with Gasteiger partial charge in [-0.2, -0.15) is 0 Å². The summed E-state index contributed by atoms with van der Waals surface area (Å²) in [5.74, 6) is 0. The van der Waals surface area contributed by atoms with Crippen molar-refractivity contribution in [1.82, 2.24) is 10.2 Å². The Kier molecular flexibility index (Phi) is 4.14. The van der Waals surface area contributed by atoms with Gasteiger partial charge in [-0.05, 0) is 44.9 Å². The Morgan fingerprint density at radius 2 is 2.00 bits per heavy atom. The normalized spacial score (nSPS) is 28.9. The SMILES string of the molecule is CC(C)N(CCC1CC(C)(C)CN1)C1CCC1. The lowest BCUT2D eigenvalue weighted by Gasteiger charge is -2.40. The van der Waals surface area contributed by atoms with Crippen molar-refractivity contribution in [3.63, 3.8) is 0 Å². The molecule has 0 bridgehead atoms. The highest BCUT2D eigenvalue weighted by Gasteiger charge is 2.32. The predicted molar refractivity (Wildman–Crippen MR) is 74.3 cm³/mol. The molecule has 1 aliphatic heterocycles. The van der Waals surface area contributed by atoms with Crippen molar-refractivity contribution < 1.29 is 0 Å². The molecule has 1 saturated carbocycles. The molecule has 2 nitrogen and oxygen atoms in total. The first kappa shape index (κ1) is 13.4. The van der Waals surface area contributed by atoms with Crippen LogP contribution in [0.4, 0.5) is 0 Å². The number of nitrogens with zero attached hydrogens (tertiary/aromatic N) is 1. The van der Waals surface area contributed by atoms with E-state index in [2.05, 4.69) is 37.9 Å². The summed E-state index contributed by atoms with van der Waals surface area (Å²) >= 11 is 0. The van der Waals surface area contributed by atoms with Crippen LogP contribution in [0.1, 0.15) is 59.8 Å². The molecule has 1 atom stereocenters. The predicted octanol–water partition coefficient (Wildman–Crippen LogP) is 3.03. The Labute approximate surface area is 107 Å². The van der Waals surface area contributed by atoms with Gasteiger partial charge in [-0.3, -0.25) is 4.90 Å². The summed E-state index contributed by atoms with van der Waals surface area (Å²) in [6.07, 6.45) is 6.99. The van der Waals surface area contributed by atoms with Crippen LogP contribution in [0.15, 0.2) is 0 Å². The van der Waals surface area contributed by atoms with Crippen molar-refractivity contribution in [2.75, 3.05) is 13.1 Å². The summed E-state index contributed by atoms with van der Waals surface area (Å²) in [5.41, 5.74) is 0.518. The van der Waals surface area contributed by atoms with E-state index in [9.17, 15) is 0 Å². The molecule has 1 saturated heterocycles. The molecule has 2 aliphatic rings. The van der Waals surface area contributed by atoms with Gasteiger partial charge in [0, 0.05) is 31.2 Å². The highest BCUT2D eigenvalue weighted by molar-refractivity contribution is 4.89. The summed E-state index contributed by atoms with van der Waals surface area (Å²) in [6, 6.07) is 2.37. The lowest BCUT2D eigenvalue weighted by atomic mass is 9.88. The van der Waals surface area contributed by atoms with Crippen molar-refractivity contribution in [3.8, 4) is 0 Å². The van der Waals surface area contributed by atoms with Crippen molar-refractivity contribution in [1.29, 1.82) is 0 Å². The monoisotopic (exact) mass is 238 g/mol. The van der Waals surface area contributed by atoms with Gasteiger partial charge in [0.2, 0.25) is 0 Å². The van der Waals surface area contributed by atoms with Crippen molar-refractivity contribution in [3.05, 3.63) is 0 Å². The van der Waals surface area contributed by atoms with Crippen LogP contribution in [0, 0.1) is 5.41 Å². The molecule has 17 heavy (non-hydrogen) atoms. The number of hydrogen-bond donors (Lipinski definition) is 1. The van der Waals surface area contributed by atoms with Crippen LogP contribution in [0.2, 0.25) is 0 Å². The molecule has 1 N–H and O–H groups in total. The van der Waals surface area contributed by atoms with Crippen LogP contribution in [0.5, 0.6) is 0 Å². The second kappa shape index (κ2) is 5.27. The zero-order chi connectivity index (χ0) is 12.5. The van der Waals surface area contributed by atoms with Crippen LogP contribution in [-0.2, 0) is 0 Å². The Morgan fingerprint density at radius 3 is 2.41 bits per heavy atom. The van der Waals surface area contributed by atoms with Crippen molar-refractivity contribution in [2.24, 2.45) is 5.41 Å². The third-order valence-electron chi connectivity index (χ3n) is 4.61. The fourth-order valence-electron chi connectivity index (χ4n) is 3.32. The molecule has 1 unspecified atom stereocenters. The summed E-state index contributed by atoms with van der Waals surface area (Å²) < 4.78 is 0. The van der Waals surface area contributed by atoms with Gasteiger partial charge in [0.25, 0.3) is 0 Å². The summed E-state index contributed by atoms with van der Waals surface area (Å²) in [5, 5.41) is 3.69. The van der Waals surface area contributed by atoms with Gasteiger partial charge in [-0.1, -0.05) is 20.3 Å². The molecule has 0 spiro atoms. The highest BCUT2D eigenvalue weighted by Crippen LogP contribution is 2.30. The van der Waals surface area contributed by atoms with Gasteiger partial charge in [-0.15, -0.1) is 0 Å². The van der Waals surface area contributed by atoms with Gasteiger partial charge in [0.1, 0.15) is 0 Å². The maximum absolute atomic E-state index is 3.69. The summed E-state index contributed by atoms with van der Waals surface area (Å²) in [6.45, 7) is 12.0. The minimum Gasteiger partial charge on any atom is -0.313 e. The Balaban J connectivity index is 1.76. The van der Waals surface area contributed by atoms with E-state index >= 15 is 0 Å². The molecule has 100 valence electrons. The quantitative estimate of drug-likeness (QED) is 0.792. The first-order valence-corrected chi connectivity index (χ1v) is 7.47. The second-order valence-electron chi connectivity index (χ2n) is 7.15. The molecule has 2 rings (SSSR count). The van der Waals surface area contributed by atoms with Crippen LogP contribution in [-0.4, -0.2) is 36.1 Å². The molecule has 0 radical (unpaired) electrons. The van der Waals surface area contributed by atoms with Gasteiger partial charge >= 0.3 is 0 Å². The zero-order valence-corrected chi connectivity index (χ0v) is 12.1. The third-order valence-corrected chi connectivity index (χ3v) is 4.61. The number of nitrogens with one attached hydrogen (secondary N) is 1. The summed E-state index contributed by atoms with van der Waals surface area (Å²) in [4.78, 5) is 2.73.